The monoisotopic (exact) mass is 240 g/mol. The number of nitrogens with zero attached hydrogens (tertiary/aromatic N) is 2. The summed E-state index contributed by atoms with van der Waals surface area (Å²) in [6, 6.07) is 20.5. The molecule has 0 fully saturated rings. The smallest absolute Gasteiger partial charge is 0.0975 e. The molecule has 0 atom stereocenters. The van der Waals surface area contributed by atoms with Crippen LogP contribution in [-0.4, -0.2) is 0 Å². The minimum atomic E-state index is -0.545. The van der Waals surface area contributed by atoms with E-state index < -0.39 is 5.41 Å². The first-order valence-corrected chi connectivity index (χ1v) is 6.10. The zero-order chi connectivity index (χ0) is 13.0. The van der Waals surface area contributed by atoms with Crippen molar-refractivity contribution in [1.29, 1.82) is 10.5 Å². The van der Waals surface area contributed by atoms with Gasteiger partial charge in [-0.2, -0.15) is 10.5 Å². The first-order valence-electron chi connectivity index (χ1n) is 6.10. The summed E-state index contributed by atoms with van der Waals surface area (Å²) < 4.78 is 0. The molecule has 2 nitrogen and oxygen atoms in total. The van der Waals surface area contributed by atoms with Crippen molar-refractivity contribution >= 4 is 0 Å². The van der Waals surface area contributed by atoms with E-state index in [0.717, 1.165) is 22.3 Å². The van der Waals surface area contributed by atoms with E-state index in [2.05, 4.69) is 24.3 Å². The quantitative estimate of drug-likeness (QED) is 0.709. The molecule has 0 amide bonds. The molecule has 0 saturated heterocycles. The average molecular weight is 240 g/mol. The maximum atomic E-state index is 9.33. The normalized spacial score (nSPS) is 16.5. The van der Waals surface area contributed by atoms with Crippen LogP contribution in [0.25, 0.3) is 11.1 Å². The lowest BCUT2D eigenvalue weighted by Gasteiger charge is -2.12. The van der Waals surface area contributed by atoms with Crippen molar-refractivity contribution < 1.29 is 0 Å². The fourth-order valence-electron chi connectivity index (χ4n) is 3.33. The van der Waals surface area contributed by atoms with Gasteiger partial charge in [0.05, 0.1) is 28.7 Å². The Morgan fingerprint density at radius 1 is 0.684 bits per heavy atom. The van der Waals surface area contributed by atoms with Crippen molar-refractivity contribution in [3.8, 4) is 23.3 Å². The van der Waals surface area contributed by atoms with Gasteiger partial charge >= 0.3 is 0 Å². The molecule has 0 aliphatic heterocycles. The van der Waals surface area contributed by atoms with E-state index in [4.69, 9.17) is 0 Å². The SMILES string of the molecule is N#CC1=C(C#N)C12c1ccccc1-c1ccccc12. The highest BCUT2D eigenvalue weighted by molar-refractivity contribution is 5.94. The maximum Gasteiger partial charge on any atom is 0.0975 e. The van der Waals surface area contributed by atoms with Crippen molar-refractivity contribution in [2.45, 2.75) is 5.41 Å². The molecular formula is C17H8N2. The Kier molecular flexibility index (Phi) is 1.67. The van der Waals surface area contributed by atoms with Crippen molar-refractivity contribution in [3.63, 3.8) is 0 Å². The molecule has 0 heterocycles. The Balaban J connectivity index is 2.12. The van der Waals surface area contributed by atoms with Crippen LogP contribution in [0.4, 0.5) is 0 Å². The van der Waals surface area contributed by atoms with Crippen molar-refractivity contribution in [2.24, 2.45) is 0 Å². The third-order valence-electron chi connectivity index (χ3n) is 4.11. The van der Waals surface area contributed by atoms with Gasteiger partial charge in [-0.05, 0) is 22.3 Å². The molecule has 0 N–H and O–H groups in total. The highest BCUT2D eigenvalue weighted by atomic mass is 14.6. The van der Waals surface area contributed by atoms with Gasteiger partial charge in [0.25, 0.3) is 0 Å². The number of fused-ring (bicyclic) bond motifs is 5. The van der Waals surface area contributed by atoms with Crippen molar-refractivity contribution in [2.75, 3.05) is 0 Å². The summed E-state index contributed by atoms with van der Waals surface area (Å²) in [6.07, 6.45) is 0. The summed E-state index contributed by atoms with van der Waals surface area (Å²) in [6.45, 7) is 0. The molecule has 4 rings (SSSR count). The minimum absolute atomic E-state index is 0.545. The van der Waals surface area contributed by atoms with Gasteiger partial charge in [-0.15, -0.1) is 0 Å². The third-order valence-corrected chi connectivity index (χ3v) is 4.11. The molecular weight excluding hydrogens is 232 g/mol. The average Bonchev–Trinajstić information content (AvgIpc) is 3.06. The number of benzene rings is 2. The molecule has 86 valence electrons. The van der Waals surface area contributed by atoms with Crippen LogP contribution in [0.3, 0.4) is 0 Å². The van der Waals surface area contributed by atoms with Gasteiger partial charge < -0.3 is 0 Å². The van der Waals surface area contributed by atoms with E-state index in [9.17, 15) is 10.5 Å². The maximum absolute atomic E-state index is 9.33. The second-order valence-electron chi connectivity index (χ2n) is 4.81. The Morgan fingerprint density at radius 2 is 1.11 bits per heavy atom. The third kappa shape index (κ3) is 0.929. The molecule has 2 aromatic carbocycles. The summed E-state index contributed by atoms with van der Waals surface area (Å²) in [4.78, 5) is 0. The molecule has 1 spiro atoms. The lowest BCUT2D eigenvalue weighted by Crippen LogP contribution is -2.11. The highest BCUT2D eigenvalue weighted by Gasteiger charge is 2.61. The Morgan fingerprint density at radius 3 is 1.53 bits per heavy atom. The number of nitriles is 2. The van der Waals surface area contributed by atoms with E-state index in [1.165, 1.54) is 0 Å². The Bertz CT molecular complexity index is 773. The van der Waals surface area contributed by atoms with E-state index in [-0.39, 0.29) is 0 Å². The predicted molar refractivity (Wildman–Crippen MR) is 70.9 cm³/mol. The van der Waals surface area contributed by atoms with E-state index in [1.807, 2.05) is 36.4 Å². The fourth-order valence-corrected chi connectivity index (χ4v) is 3.33. The summed E-state index contributed by atoms with van der Waals surface area (Å²) in [5.74, 6) is 0. The molecule has 0 radical (unpaired) electrons. The van der Waals surface area contributed by atoms with Gasteiger partial charge in [0.15, 0.2) is 0 Å². The van der Waals surface area contributed by atoms with Gasteiger partial charge in [-0.1, -0.05) is 48.5 Å². The van der Waals surface area contributed by atoms with E-state index in [0.29, 0.717) is 11.1 Å². The Hall–Kier alpha value is -2.84. The summed E-state index contributed by atoms with van der Waals surface area (Å²) >= 11 is 0. The van der Waals surface area contributed by atoms with Crippen LogP contribution in [0.5, 0.6) is 0 Å². The molecule has 19 heavy (non-hydrogen) atoms. The van der Waals surface area contributed by atoms with Crippen molar-refractivity contribution in [3.05, 3.63) is 70.8 Å². The minimum Gasteiger partial charge on any atom is -0.193 e. The summed E-state index contributed by atoms with van der Waals surface area (Å²) in [5, 5.41) is 18.7. The summed E-state index contributed by atoms with van der Waals surface area (Å²) in [7, 11) is 0. The van der Waals surface area contributed by atoms with Gasteiger partial charge in [0.1, 0.15) is 0 Å². The van der Waals surface area contributed by atoms with E-state index >= 15 is 0 Å². The van der Waals surface area contributed by atoms with Crippen LogP contribution in [0, 0.1) is 22.7 Å². The molecule has 2 aromatic rings. The van der Waals surface area contributed by atoms with Gasteiger partial charge in [0.2, 0.25) is 0 Å². The van der Waals surface area contributed by atoms with Crippen LogP contribution in [-0.2, 0) is 5.41 Å². The zero-order valence-corrected chi connectivity index (χ0v) is 10.0. The van der Waals surface area contributed by atoms with Crippen molar-refractivity contribution in [1.82, 2.24) is 0 Å². The number of hydrogen-bond acceptors (Lipinski definition) is 2. The van der Waals surface area contributed by atoms with Crippen LogP contribution >= 0.6 is 0 Å². The standard InChI is InChI=1S/C17H8N2/c18-9-15-16(10-19)17(15)13-7-3-1-5-11(13)12-6-2-4-8-14(12)17/h1-8H. The van der Waals surface area contributed by atoms with Gasteiger partial charge in [-0.3, -0.25) is 0 Å². The molecule has 2 aliphatic carbocycles. The van der Waals surface area contributed by atoms with Gasteiger partial charge in [0, 0.05) is 0 Å². The number of allylic oxidation sites excluding steroid dienone is 2. The van der Waals surface area contributed by atoms with Crippen LogP contribution in [0.1, 0.15) is 11.1 Å². The topological polar surface area (TPSA) is 47.6 Å². The number of hydrogen-bond donors (Lipinski definition) is 0. The van der Waals surface area contributed by atoms with Gasteiger partial charge in [-0.25, -0.2) is 0 Å². The lowest BCUT2D eigenvalue weighted by atomic mass is 9.86. The fraction of sp³-hybridized carbons (Fsp3) is 0.0588. The first kappa shape index (κ1) is 10.1. The molecule has 2 aliphatic rings. The second kappa shape index (κ2) is 3.13. The molecule has 0 aromatic heterocycles. The van der Waals surface area contributed by atoms with Crippen LogP contribution in [0.2, 0.25) is 0 Å². The number of rotatable bonds is 0. The molecule has 0 saturated carbocycles. The van der Waals surface area contributed by atoms with Crippen LogP contribution in [0.15, 0.2) is 59.7 Å². The molecule has 0 unspecified atom stereocenters. The second-order valence-corrected chi connectivity index (χ2v) is 4.81. The predicted octanol–water partition coefficient (Wildman–Crippen LogP) is 3.31. The van der Waals surface area contributed by atoms with E-state index in [1.54, 1.807) is 0 Å². The lowest BCUT2D eigenvalue weighted by molar-refractivity contribution is 0.926. The largest absolute Gasteiger partial charge is 0.193 e. The first-order chi connectivity index (χ1) is 9.35. The Labute approximate surface area is 110 Å². The van der Waals surface area contributed by atoms with Crippen LogP contribution < -0.4 is 0 Å². The molecule has 0 bridgehead atoms. The zero-order valence-electron chi connectivity index (χ0n) is 10.0. The highest BCUT2D eigenvalue weighted by Crippen LogP contribution is 2.65. The summed E-state index contributed by atoms with van der Waals surface area (Å²) in [5.41, 5.74) is 5.08. The molecule has 2 heteroatoms.